The van der Waals surface area contributed by atoms with Crippen LogP contribution in [0.4, 0.5) is 0 Å². The van der Waals surface area contributed by atoms with Gasteiger partial charge in [0.1, 0.15) is 11.9 Å². The first-order valence-corrected chi connectivity index (χ1v) is 6.98. The molecule has 4 heteroatoms. The van der Waals surface area contributed by atoms with Gasteiger partial charge in [-0.3, -0.25) is 4.98 Å². The Balaban J connectivity index is 1.95. The van der Waals surface area contributed by atoms with Gasteiger partial charge in [-0.2, -0.15) is 0 Å². The first-order valence-electron chi connectivity index (χ1n) is 6.19. The maximum absolute atomic E-state index is 10.3. The number of aryl methyl sites for hydroxylation is 1. The Kier molecular flexibility index (Phi) is 3.29. The molecule has 19 heavy (non-hydrogen) atoms. The van der Waals surface area contributed by atoms with E-state index in [4.69, 9.17) is 4.74 Å². The molecule has 3 rings (SSSR count). The highest BCUT2D eigenvalue weighted by Gasteiger charge is 2.28. The predicted octanol–water partition coefficient (Wildman–Crippen LogP) is 3.71. The van der Waals surface area contributed by atoms with Gasteiger partial charge >= 0.3 is 0 Å². The van der Waals surface area contributed by atoms with Crippen LogP contribution in [0.25, 0.3) is 0 Å². The van der Waals surface area contributed by atoms with Crippen molar-refractivity contribution in [1.29, 1.82) is 0 Å². The number of fused-ring (bicyclic) bond motifs is 1. The van der Waals surface area contributed by atoms with Crippen LogP contribution in [0.3, 0.4) is 0 Å². The zero-order valence-corrected chi connectivity index (χ0v) is 12.1. The van der Waals surface area contributed by atoms with E-state index in [1.165, 1.54) is 0 Å². The molecule has 0 aliphatic carbocycles. The van der Waals surface area contributed by atoms with Crippen molar-refractivity contribution in [3.05, 3.63) is 57.8 Å². The summed E-state index contributed by atoms with van der Waals surface area (Å²) in [5, 5.41) is 10.3. The van der Waals surface area contributed by atoms with E-state index in [2.05, 4.69) is 20.9 Å². The number of hydrogen-bond donors (Lipinski definition) is 1. The third-order valence-corrected chi connectivity index (χ3v) is 3.76. The molecule has 3 nitrogen and oxygen atoms in total. The van der Waals surface area contributed by atoms with Crippen LogP contribution in [0.2, 0.25) is 0 Å². The third-order valence-electron chi connectivity index (χ3n) is 3.33. The van der Waals surface area contributed by atoms with Crippen LogP contribution in [0.15, 0.2) is 41.1 Å². The summed E-state index contributed by atoms with van der Waals surface area (Å²) in [7, 11) is 0. The molecule has 98 valence electrons. The second kappa shape index (κ2) is 4.94. The number of rotatable bonds is 1. The molecule has 0 radical (unpaired) electrons. The lowest BCUT2D eigenvalue weighted by Gasteiger charge is -2.30. The third kappa shape index (κ3) is 2.51. The van der Waals surface area contributed by atoms with Gasteiger partial charge in [0.2, 0.25) is 0 Å². The van der Waals surface area contributed by atoms with E-state index in [-0.39, 0.29) is 6.10 Å². The number of nitrogens with zero attached hydrogens (tertiary/aromatic N) is 1. The molecule has 1 unspecified atom stereocenters. The number of halogens is 1. The van der Waals surface area contributed by atoms with Crippen molar-refractivity contribution < 1.29 is 9.84 Å². The van der Waals surface area contributed by atoms with Gasteiger partial charge in [0, 0.05) is 34.4 Å². The van der Waals surface area contributed by atoms with Gasteiger partial charge in [0.25, 0.3) is 0 Å². The van der Waals surface area contributed by atoms with E-state index < -0.39 is 6.10 Å². The largest absolute Gasteiger partial charge is 0.485 e. The number of aliphatic hydroxyl groups excluding tert-OH is 1. The summed E-state index contributed by atoms with van der Waals surface area (Å²) in [6.45, 7) is 2.01. The average Bonchev–Trinajstić information content (AvgIpc) is 2.39. The molecule has 0 saturated heterocycles. The minimum atomic E-state index is -0.493. The summed E-state index contributed by atoms with van der Waals surface area (Å²) in [5.41, 5.74) is 2.97. The van der Waals surface area contributed by atoms with E-state index >= 15 is 0 Å². The Morgan fingerprint density at radius 1 is 1.32 bits per heavy atom. The maximum Gasteiger partial charge on any atom is 0.128 e. The fourth-order valence-electron chi connectivity index (χ4n) is 2.38. The van der Waals surface area contributed by atoms with E-state index in [0.29, 0.717) is 6.42 Å². The quantitative estimate of drug-likeness (QED) is 0.871. The summed E-state index contributed by atoms with van der Waals surface area (Å²) in [6, 6.07) is 7.87. The molecule has 0 spiro atoms. The normalized spacial score (nSPS) is 21.6. The van der Waals surface area contributed by atoms with Crippen molar-refractivity contribution in [3.8, 4) is 5.75 Å². The van der Waals surface area contributed by atoms with Crippen molar-refractivity contribution >= 4 is 15.9 Å². The Morgan fingerprint density at radius 2 is 2.16 bits per heavy atom. The maximum atomic E-state index is 10.3. The number of benzene rings is 1. The molecule has 2 heterocycles. The van der Waals surface area contributed by atoms with E-state index in [9.17, 15) is 5.11 Å². The molecule has 2 aromatic rings. The highest BCUT2D eigenvalue weighted by Crippen LogP contribution is 2.41. The minimum Gasteiger partial charge on any atom is -0.485 e. The second-order valence-electron chi connectivity index (χ2n) is 4.84. The molecule has 1 aliphatic heterocycles. The number of aliphatic hydroxyl groups is 1. The van der Waals surface area contributed by atoms with Crippen LogP contribution < -0.4 is 4.74 Å². The molecular weight excluding hydrogens is 306 g/mol. The fraction of sp³-hybridized carbons (Fsp3) is 0.267. The van der Waals surface area contributed by atoms with Crippen LogP contribution in [0.1, 0.15) is 35.3 Å². The van der Waals surface area contributed by atoms with E-state index in [1.54, 1.807) is 12.4 Å². The van der Waals surface area contributed by atoms with Gasteiger partial charge < -0.3 is 9.84 Å². The molecule has 1 aliphatic rings. The van der Waals surface area contributed by atoms with Crippen LogP contribution in [0.5, 0.6) is 5.75 Å². The van der Waals surface area contributed by atoms with Gasteiger partial charge in [-0.05, 0) is 41.1 Å². The Bertz CT molecular complexity index is 615. The van der Waals surface area contributed by atoms with Crippen LogP contribution in [-0.4, -0.2) is 10.1 Å². The topological polar surface area (TPSA) is 42.4 Å². The molecule has 1 aromatic carbocycles. The lowest BCUT2D eigenvalue weighted by Crippen LogP contribution is -2.19. The molecule has 1 N–H and O–H groups in total. The highest BCUT2D eigenvalue weighted by atomic mass is 79.9. The van der Waals surface area contributed by atoms with Gasteiger partial charge in [-0.15, -0.1) is 0 Å². The monoisotopic (exact) mass is 319 g/mol. The molecular formula is C15H14BrNO2. The summed E-state index contributed by atoms with van der Waals surface area (Å²) < 4.78 is 6.89. The number of hydrogen-bond acceptors (Lipinski definition) is 3. The Morgan fingerprint density at radius 3 is 2.95 bits per heavy atom. The first-order chi connectivity index (χ1) is 9.13. The van der Waals surface area contributed by atoms with Gasteiger partial charge in [-0.25, -0.2) is 0 Å². The minimum absolute atomic E-state index is 0.157. The molecule has 1 aromatic heterocycles. The molecule has 2 atom stereocenters. The number of ether oxygens (including phenoxy) is 1. The van der Waals surface area contributed by atoms with E-state index in [1.807, 2.05) is 31.2 Å². The van der Waals surface area contributed by atoms with Gasteiger partial charge in [0.05, 0.1) is 6.10 Å². The summed E-state index contributed by atoms with van der Waals surface area (Å²) in [5.74, 6) is 0.759. The lowest BCUT2D eigenvalue weighted by atomic mass is 9.95. The van der Waals surface area contributed by atoms with E-state index in [0.717, 1.165) is 26.9 Å². The smallest absolute Gasteiger partial charge is 0.128 e. The second-order valence-corrected chi connectivity index (χ2v) is 5.75. The van der Waals surface area contributed by atoms with Crippen LogP contribution in [0, 0.1) is 6.92 Å². The zero-order chi connectivity index (χ0) is 13.4. The van der Waals surface area contributed by atoms with Crippen molar-refractivity contribution in [3.63, 3.8) is 0 Å². The Labute approximate surface area is 120 Å². The lowest BCUT2D eigenvalue weighted by molar-refractivity contribution is 0.0655. The summed E-state index contributed by atoms with van der Waals surface area (Å²) in [6.07, 6.45) is 3.42. The molecule has 0 fully saturated rings. The molecule has 0 saturated carbocycles. The standard InChI is InChI=1S/C15H14BrNO2/c1-9-2-3-14-12(4-9)13(18)6-15(19-14)10-5-11(16)8-17-7-10/h2-5,7-8,13,15,18H,6H2,1H3/t13-,15?/m1/s1. The summed E-state index contributed by atoms with van der Waals surface area (Å²) >= 11 is 3.40. The van der Waals surface area contributed by atoms with Crippen LogP contribution >= 0.6 is 15.9 Å². The first kappa shape index (κ1) is 12.6. The van der Waals surface area contributed by atoms with Crippen molar-refractivity contribution in [2.75, 3.05) is 0 Å². The highest BCUT2D eigenvalue weighted by molar-refractivity contribution is 9.10. The fourth-order valence-corrected chi connectivity index (χ4v) is 2.76. The molecule has 0 bridgehead atoms. The van der Waals surface area contributed by atoms with Gasteiger partial charge in [0.15, 0.2) is 0 Å². The zero-order valence-electron chi connectivity index (χ0n) is 10.5. The van der Waals surface area contributed by atoms with Crippen molar-refractivity contribution in [2.45, 2.75) is 25.6 Å². The predicted molar refractivity (Wildman–Crippen MR) is 76.1 cm³/mol. The van der Waals surface area contributed by atoms with Crippen molar-refractivity contribution in [2.24, 2.45) is 0 Å². The SMILES string of the molecule is Cc1ccc2c(c1)[C@H](O)CC(c1cncc(Br)c1)O2. The average molecular weight is 320 g/mol. The molecule has 0 amide bonds. The number of pyridine rings is 1. The van der Waals surface area contributed by atoms with Gasteiger partial charge in [-0.1, -0.05) is 11.6 Å². The van der Waals surface area contributed by atoms with Crippen LogP contribution in [-0.2, 0) is 0 Å². The number of aromatic nitrogens is 1. The Hall–Kier alpha value is -1.39. The summed E-state index contributed by atoms with van der Waals surface area (Å²) in [4.78, 5) is 4.15. The van der Waals surface area contributed by atoms with Crippen molar-refractivity contribution in [1.82, 2.24) is 4.98 Å².